The minimum absolute atomic E-state index is 0.0747. The summed E-state index contributed by atoms with van der Waals surface area (Å²) in [4.78, 5) is 12.5. The predicted molar refractivity (Wildman–Crippen MR) is 91.0 cm³/mol. The van der Waals surface area contributed by atoms with Crippen LogP contribution < -0.4 is 11.1 Å². The van der Waals surface area contributed by atoms with Crippen LogP contribution in [0.15, 0.2) is 30.3 Å². The second-order valence-corrected chi connectivity index (χ2v) is 6.33. The van der Waals surface area contributed by atoms with Crippen LogP contribution in [0.2, 0.25) is 0 Å². The molecule has 1 rings (SSSR count). The Bertz CT molecular complexity index is 437. The van der Waals surface area contributed by atoms with Crippen molar-refractivity contribution in [1.29, 1.82) is 0 Å². The lowest BCUT2D eigenvalue weighted by Gasteiger charge is -2.17. The van der Waals surface area contributed by atoms with Crippen molar-refractivity contribution in [3.8, 4) is 0 Å². The van der Waals surface area contributed by atoms with E-state index in [1.807, 2.05) is 30.3 Å². The maximum absolute atomic E-state index is 12.2. The maximum Gasteiger partial charge on any atom is 0.230 e. The molecule has 0 heterocycles. The zero-order chi connectivity index (χ0) is 15.0. The molecule has 1 amide bonds. The summed E-state index contributed by atoms with van der Waals surface area (Å²) in [7, 11) is 0. The van der Waals surface area contributed by atoms with E-state index in [2.05, 4.69) is 18.5 Å². The summed E-state index contributed by atoms with van der Waals surface area (Å²) in [6.07, 6.45) is 2.62. The lowest BCUT2D eigenvalue weighted by Crippen LogP contribution is -2.41. The Morgan fingerprint density at radius 1 is 1.40 bits per heavy atom. The average Bonchev–Trinajstić information content (AvgIpc) is 2.43. The number of thiocarbonyl (C=S) groups is 1. The topological polar surface area (TPSA) is 55.1 Å². The lowest BCUT2D eigenvalue weighted by molar-refractivity contribution is -0.123. The number of carbonyl (C=O) groups excluding carboxylic acids is 1. The predicted octanol–water partition coefficient (Wildman–Crippen LogP) is 2.25. The van der Waals surface area contributed by atoms with Crippen molar-refractivity contribution in [2.75, 3.05) is 18.6 Å². The number of benzene rings is 1. The third-order valence-electron chi connectivity index (χ3n) is 3.02. The van der Waals surface area contributed by atoms with Crippen LogP contribution in [0.25, 0.3) is 0 Å². The van der Waals surface area contributed by atoms with E-state index in [4.69, 9.17) is 18.0 Å². The van der Waals surface area contributed by atoms with E-state index in [9.17, 15) is 4.79 Å². The van der Waals surface area contributed by atoms with Gasteiger partial charge in [-0.25, -0.2) is 0 Å². The molecule has 0 aromatic heterocycles. The summed E-state index contributed by atoms with van der Waals surface area (Å²) < 4.78 is 0. The van der Waals surface area contributed by atoms with Crippen LogP contribution in [-0.4, -0.2) is 29.4 Å². The molecule has 1 aromatic rings. The Hall–Kier alpha value is -1.07. The van der Waals surface area contributed by atoms with E-state index in [1.165, 1.54) is 0 Å². The van der Waals surface area contributed by atoms with Crippen molar-refractivity contribution in [2.45, 2.75) is 13.3 Å². The van der Waals surface area contributed by atoms with Gasteiger partial charge in [0.25, 0.3) is 0 Å². The molecule has 2 unspecified atom stereocenters. The average molecular weight is 310 g/mol. The highest BCUT2D eigenvalue weighted by molar-refractivity contribution is 7.98. The van der Waals surface area contributed by atoms with E-state index in [0.29, 0.717) is 18.9 Å². The van der Waals surface area contributed by atoms with Crippen molar-refractivity contribution in [3.63, 3.8) is 0 Å². The van der Waals surface area contributed by atoms with Crippen LogP contribution in [0, 0.1) is 11.8 Å². The van der Waals surface area contributed by atoms with Crippen molar-refractivity contribution < 1.29 is 4.79 Å². The lowest BCUT2D eigenvalue weighted by atomic mass is 9.98. The molecule has 0 spiro atoms. The number of thioether (sulfide) groups is 1. The summed E-state index contributed by atoms with van der Waals surface area (Å²) in [5.74, 6) is 0.956. The van der Waals surface area contributed by atoms with Gasteiger partial charge in [0.2, 0.25) is 5.91 Å². The summed E-state index contributed by atoms with van der Waals surface area (Å²) in [5.41, 5.74) is 6.78. The van der Waals surface area contributed by atoms with E-state index >= 15 is 0 Å². The molecule has 0 saturated carbocycles. The maximum atomic E-state index is 12.2. The Balaban J connectivity index is 2.57. The van der Waals surface area contributed by atoms with Crippen LogP contribution in [0.3, 0.4) is 0 Å². The van der Waals surface area contributed by atoms with E-state index in [-0.39, 0.29) is 10.9 Å². The minimum Gasteiger partial charge on any atom is -0.393 e. The zero-order valence-electron chi connectivity index (χ0n) is 12.0. The molecular formula is C15H22N2OS2. The number of nitrogens with two attached hydrogens (primary N) is 1. The molecule has 0 saturated heterocycles. The molecule has 3 N–H and O–H groups in total. The Kier molecular flexibility index (Phi) is 7.62. The fourth-order valence-corrected chi connectivity index (χ4v) is 2.79. The number of hydrogen-bond donors (Lipinski definition) is 2. The van der Waals surface area contributed by atoms with Gasteiger partial charge in [-0.2, -0.15) is 11.8 Å². The number of rotatable bonds is 8. The molecule has 0 bridgehead atoms. The van der Waals surface area contributed by atoms with Crippen molar-refractivity contribution in [3.05, 3.63) is 35.9 Å². The van der Waals surface area contributed by atoms with Gasteiger partial charge in [-0.15, -0.1) is 0 Å². The molecule has 1 aromatic carbocycles. The molecule has 5 heteroatoms. The van der Waals surface area contributed by atoms with E-state index in [1.54, 1.807) is 11.8 Å². The Labute approximate surface area is 130 Å². The fourth-order valence-electron chi connectivity index (χ4n) is 1.91. The second-order valence-electron chi connectivity index (χ2n) is 4.95. The molecule has 2 atom stereocenters. The quantitative estimate of drug-likeness (QED) is 0.723. The Morgan fingerprint density at radius 2 is 2.05 bits per heavy atom. The molecule has 0 radical (unpaired) electrons. The van der Waals surface area contributed by atoms with Gasteiger partial charge in [0.1, 0.15) is 0 Å². The van der Waals surface area contributed by atoms with Gasteiger partial charge in [-0.1, -0.05) is 49.5 Å². The molecule has 0 aliphatic carbocycles. The van der Waals surface area contributed by atoms with Gasteiger partial charge < -0.3 is 11.1 Å². The monoisotopic (exact) mass is 310 g/mol. The number of nitrogens with one attached hydrogen (secondary N) is 1. The number of amides is 1. The molecular weight excluding hydrogens is 288 g/mol. The smallest absolute Gasteiger partial charge is 0.230 e. The van der Waals surface area contributed by atoms with Gasteiger partial charge in [0.15, 0.2) is 0 Å². The van der Waals surface area contributed by atoms with Gasteiger partial charge in [-0.05, 0) is 29.9 Å². The largest absolute Gasteiger partial charge is 0.393 e. The van der Waals surface area contributed by atoms with Gasteiger partial charge in [0.05, 0.1) is 10.9 Å². The zero-order valence-corrected chi connectivity index (χ0v) is 13.6. The minimum atomic E-state index is -0.436. The first-order valence-corrected chi connectivity index (χ1v) is 8.44. The van der Waals surface area contributed by atoms with Gasteiger partial charge >= 0.3 is 0 Å². The van der Waals surface area contributed by atoms with Crippen LogP contribution in [0.5, 0.6) is 0 Å². The summed E-state index contributed by atoms with van der Waals surface area (Å²) >= 11 is 6.81. The normalized spacial score (nSPS) is 13.5. The third kappa shape index (κ3) is 5.92. The number of carbonyl (C=O) groups is 1. The SMILES string of the molecule is CSCC(C)CNC(=O)C(Cc1ccccc1)C(N)=S. The molecule has 3 nitrogen and oxygen atoms in total. The fraction of sp³-hybridized carbons (Fsp3) is 0.467. The standard InChI is InChI=1S/C15H22N2OS2/c1-11(10-20-2)9-17-15(18)13(14(16)19)8-12-6-4-3-5-7-12/h3-7,11,13H,8-10H2,1-2H3,(H2,16,19)(H,17,18). The van der Waals surface area contributed by atoms with E-state index < -0.39 is 5.92 Å². The molecule has 110 valence electrons. The highest BCUT2D eigenvalue weighted by Crippen LogP contribution is 2.10. The third-order valence-corrected chi connectivity index (χ3v) is 4.21. The number of hydrogen-bond acceptors (Lipinski definition) is 3. The van der Waals surface area contributed by atoms with E-state index in [0.717, 1.165) is 11.3 Å². The first-order valence-electron chi connectivity index (χ1n) is 6.64. The first-order chi connectivity index (χ1) is 9.54. The van der Waals surface area contributed by atoms with Crippen molar-refractivity contribution in [1.82, 2.24) is 5.32 Å². The van der Waals surface area contributed by atoms with Crippen LogP contribution in [0.1, 0.15) is 12.5 Å². The highest BCUT2D eigenvalue weighted by atomic mass is 32.2. The highest BCUT2D eigenvalue weighted by Gasteiger charge is 2.22. The molecule has 0 aliphatic heterocycles. The van der Waals surface area contributed by atoms with Crippen molar-refractivity contribution in [2.24, 2.45) is 17.6 Å². The second kappa shape index (κ2) is 8.97. The van der Waals surface area contributed by atoms with Gasteiger partial charge in [-0.3, -0.25) is 4.79 Å². The molecule has 0 fully saturated rings. The van der Waals surface area contributed by atoms with Crippen molar-refractivity contribution >= 4 is 34.9 Å². The molecule has 20 heavy (non-hydrogen) atoms. The van der Waals surface area contributed by atoms with Crippen LogP contribution in [0.4, 0.5) is 0 Å². The van der Waals surface area contributed by atoms with Gasteiger partial charge in [0, 0.05) is 6.54 Å². The Morgan fingerprint density at radius 3 is 2.60 bits per heavy atom. The first kappa shape index (κ1) is 17.0. The summed E-state index contributed by atoms with van der Waals surface area (Å²) in [6, 6.07) is 9.81. The molecule has 0 aliphatic rings. The summed E-state index contributed by atoms with van der Waals surface area (Å²) in [6.45, 7) is 2.78. The van der Waals surface area contributed by atoms with Crippen LogP contribution in [-0.2, 0) is 11.2 Å². The van der Waals surface area contributed by atoms with Crippen LogP contribution >= 0.6 is 24.0 Å². The summed E-state index contributed by atoms with van der Waals surface area (Å²) in [5, 5.41) is 2.95.